The van der Waals surface area contributed by atoms with Crippen LogP contribution in [0.25, 0.3) is 0 Å². The minimum absolute atomic E-state index is 0.0800. The normalized spacial score (nSPS) is 21.0. The van der Waals surface area contributed by atoms with Crippen molar-refractivity contribution >= 4 is 17.4 Å². The number of morpholine rings is 1. The summed E-state index contributed by atoms with van der Waals surface area (Å²) >= 11 is 0. The summed E-state index contributed by atoms with van der Waals surface area (Å²) in [5.74, 6) is 0.224. The second-order valence-corrected chi connectivity index (χ2v) is 6.33. The lowest BCUT2D eigenvalue weighted by atomic mass is 9.85. The number of hydrogen-bond donors (Lipinski definition) is 2. The minimum Gasteiger partial charge on any atom is -0.383 e. The Morgan fingerprint density at radius 1 is 1.26 bits per heavy atom. The topological polar surface area (TPSA) is 74.7 Å². The number of nitrogens with one attached hydrogen (secondary N) is 1. The summed E-state index contributed by atoms with van der Waals surface area (Å²) in [5.41, 5.74) is 1.03. The molecule has 1 atom stereocenters. The lowest BCUT2D eigenvalue weighted by Crippen LogP contribution is -2.36. The largest absolute Gasteiger partial charge is 0.383 e. The fourth-order valence-corrected chi connectivity index (χ4v) is 3.33. The Hall–Kier alpha value is -1.66. The Morgan fingerprint density at radius 3 is 2.65 bits per heavy atom. The molecule has 0 aromatic carbocycles. The fourth-order valence-electron chi connectivity index (χ4n) is 3.33. The van der Waals surface area contributed by atoms with E-state index in [1.807, 2.05) is 6.07 Å². The van der Waals surface area contributed by atoms with Crippen LogP contribution in [0, 0.1) is 5.92 Å². The number of carbonyl (C=O) groups is 1. The Morgan fingerprint density at radius 2 is 2.00 bits per heavy atom. The second-order valence-electron chi connectivity index (χ2n) is 6.33. The van der Waals surface area contributed by atoms with Gasteiger partial charge >= 0.3 is 0 Å². The molecule has 23 heavy (non-hydrogen) atoms. The lowest BCUT2D eigenvalue weighted by molar-refractivity contribution is -0.127. The molecule has 0 bridgehead atoms. The zero-order valence-electron chi connectivity index (χ0n) is 13.4. The first kappa shape index (κ1) is 16.2. The highest BCUT2D eigenvalue weighted by atomic mass is 16.5. The molecule has 1 aliphatic heterocycles. The van der Waals surface area contributed by atoms with Crippen LogP contribution in [0.5, 0.6) is 0 Å². The summed E-state index contributed by atoms with van der Waals surface area (Å²) in [6, 6.07) is 3.73. The van der Waals surface area contributed by atoms with Crippen molar-refractivity contribution < 1.29 is 14.6 Å². The van der Waals surface area contributed by atoms with E-state index in [0.717, 1.165) is 57.7 Å². The van der Waals surface area contributed by atoms with Gasteiger partial charge in [0.2, 0.25) is 0 Å². The Kier molecular flexibility index (Phi) is 5.46. The van der Waals surface area contributed by atoms with E-state index in [-0.39, 0.29) is 11.8 Å². The predicted octanol–water partition coefficient (Wildman–Crippen LogP) is 1.80. The summed E-state index contributed by atoms with van der Waals surface area (Å²) in [6.07, 6.45) is 6.08. The molecule has 2 fully saturated rings. The number of ether oxygens (including phenoxy) is 1. The molecule has 0 spiro atoms. The third-order valence-corrected chi connectivity index (χ3v) is 4.74. The molecule has 6 heteroatoms. The Balaban J connectivity index is 1.55. The molecule has 2 aliphatic rings. The average Bonchev–Trinajstić information content (AvgIpc) is 2.63. The van der Waals surface area contributed by atoms with Crippen LogP contribution in [0.2, 0.25) is 0 Å². The number of aliphatic hydroxyl groups is 1. The standard InChI is InChI=1S/C17H25N3O3/c21-16(13-4-2-1-3-5-13)17(22)19-15-7-6-14(12-18-15)20-8-10-23-11-9-20/h6-7,12-13,16,21H,1-5,8-11H2,(H,18,19,22). The van der Waals surface area contributed by atoms with E-state index in [1.165, 1.54) is 6.42 Å². The number of rotatable bonds is 4. The zero-order chi connectivity index (χ0) is 16.1. The third-order valence-electron chi connectivity index (χ3n) is 4.74. The number of aliphatic hydroxyl groups excluding tert-OH is 1. The first-order valence-corrected chi connectivity index (χ1v) is 8.52. The van der Waals surface area contributed by atoms with E-state index in [2.05, 4.69) is 15.2 Å². The molecule has 1 unspecified atom stereocenters. The molecule has 1 saturated heterocycles. The number of aromatic nitrogens is 1. The molecule has 1 saturated carbocycles. The van der Waals surface area contributed by atoms with Crippen LogP contribution in [0.1, 0.15) is 32.1 Å². The smallest absolute Gasteiger partial charge is 0.254 e. The Labute approximate surface area is 136 Å². The molecule has 1 amide bonds. The van der Waals surface area contributed by atoms with Gasteiger partial charge < -0.3 is 20.1 Å². The number of nitrogens with zero attached hydrogens (tertiary/aromatic N) is 2. The van der Waals surface area contributed by atoms with E-state index in [9.17, 15) is 9.90 Å². The van der Waals surface area contributed by atoms with Crippen LogP contribution in [-0.2, 0) is 9.53 Å². The maximum Gasteiger partial charge on any atom is 0.254 e. The van der Waals surface area contributed by atoms with Crippen LogP contribution >= 0.6 is 0 Å². The SMILES string of the molecule is O=C(Nc1ccc(N2CCOCC2)cn1)C(O)C1CCCCC1. The van der Waals surface area contributed by atoms with Crippen molar-refractivity contribution in [2.45, 2.75) is 38.2 Å². The van der Waals surface area contributed by atoms with Crippen molar-refractivity contribution in [1.29, 1.82) is 0 Å². The van der Waals surface area contributed by atoms with Gasteiger partial charge in [0, 0.05) is 13.1 Å². The molecular formula is C17H25N3O3. The molecule has 1 aromatic heterocycles. The van der Waals surface area contributed by atoms with E-state index >= 15 is 0 Å². The number of carbonyl (C=O) groups excluding carboxylic acids is 1. The van der Waals surface area contributed by atoms with E-state index in [1.54, 1.807) is 12.3 Å². The van der Waals surface area contributed by atoms with Crippen LogP contribution < -0.4 is 10.2 Å². The van der Waals surface area contributed by atoms with Gasteiger partial charge in [-0.05, 0) is 30.9 Å². The Bertz CT molecular complexity index is 508. The molecule has 6 nitrogen and oxygen atoms in total. The molecule has 0 radical (unpaired) electrons. The first-order valence-electron chi connectivity index (χ1n) is 8.52. The van der Waals surface area contributed by atoms with Gasteiger partial charge in [-0.25, -0.2) is 4.98 Å². The van der Waals surface area contributed by atoms with Crippen LogP contribution in [0.3, 0.4) is 0 Å². The summed E-state index contributed by atoms with van der Waals surface area (Å²) < 4.78 is 5.33. The van der Waals surface area contributed by atoms with Gasteiger partial charge in [0.05, 0.1) is 25.1 Å². The van der Waals surface area contributed by atoms with Crippen LogP contribution in [-0.4, -0.2) is 48.4 Å². The van der Waals surface area contributed by atoms with Gasteiger partial charge in [-0.2, -0.15) is 0 Å². The predicted molar refractivity (Wildman–Crippen MR) is 88.5 cm³/mol. The third kappa shape index (κ3) is 4.20. The van der Waals surface area contributed by atoms with Crippen LogP contribution in [0.4, 0.5) is 11.5 Å². The van der Waals surface area contributed by atoms with E-state index < -0.39 is 6.10 Å². The number of amides is 1. The fraction of sp³-hybridized carbons (Fsp3) is 0.647. The second kappa shape index (κ2) is 7.75. The zero-order valence-corrected chi connectivity index (χ0v) is 13.4. The van der Waals surface area contributed by atoms with Gasteiger partial charge in [-0.15, -0.1) is 0 Å². The molecule has 2 heterocycles. The highest BCUT2D eigenvalue weighted by Gasteiger charge is 2.27. The highest BCUT2D eigenvalue weighted by Crippen LogP contribution is 2.27. The molecule has 1 aliphatic carbocycles. The molecule has 126 valence electrons. The van der Waals surface area contributed by atoms with E-state index in [0.29, 0.717) is 5.82 Å². The van der Waals surface area contributed by atoms with Gasteiger partial charge in [0.1, 0.15) is 11.9 Å². The summed E-state index contributed by atoms with van der Waals surface area (Å²) in [6.45, 7) is 3.17. The summed E-state index contributed by atoms with van der Waals surface area (Å²) in [7, 11) is 0. The number of hydrogen-bond acceptors (Lipinski definition) is 5. The van der Waals surface area contributed by atoms with Crippen molar-refractivity contribution in [2.75, 3.05) is 36.5 Å². The molecule has 1 aromatic rings. The monoisotopic (exact) mass is 319 g/mol. The van der Waals surface area contributed by atoms with Crippen molar-refractivity contribution in [1.82, 2.24) is 4.98 Å². The summed E-state index contributed by atoms with van der Waals surface area (Å²) in [4.78, 5) is 18.7. The quantitative estimate of drug-likeness (QED) is 0.885. The number of pyridine rings is 1. The first-order chi connectivity index (χ1) is 11.2. The van der Waals surface area contributed by atoms with Crippen molar-refractivity contribution in [3.8, 4) is 0 Å². The molecule has 2 N–H and O–H groups in total. The van der Waals surface area contributed by atoms with Crippen LogP contribution in [0.15, 0.2) is 18.3 Å². The van der Waals surface area contributed by atoms with Gasteiger partial charge in [-0.3, -0.25) is 4.79 Å². The van der Waals surface area contributed by atoms with Gasteiger partial charge in [0.15, 0.2) is 0 Å². The number of anilines is 2. The van der Waals surface area contributed by atoms with Crippen molar-refractivity contribution in [3.63, 3.8) is 0 Å². The average molecular weight is 319 g/mol. The van der Waals surface area contributed by atoms with Crippen molar-refractivity contribution in [2.24, 2.45) is 5.92 Å². The highest BCUT2D eigenvalue weighted by molar-refractivity contribution is 5.93. The van der Waals surface area contributed by atoms with Gasteiger partial charge in [-0.1, -0.05) is 19.3 Å². The van der Waals surface area contributed by atoms with Gasteiger partial charge in [0.25, 0.3) is 5.91 Å². The van der Waals surface area contributed by atoms with E-state index in [4.69, 9.17) is 4.74 Å². The lowest BCUT2D eigenvalue weighted by Gasteiger charge is -2.28. The maximum atomic E-state index is 12.2. The maximum absolute atomic E-state index is 12.2. The molecular weight excluding hydrogens is 294 g/mol. The minimum atomic E-state index is -0.934. The van der Waals surface area contributed by atoms with Crippen molar-refractivity contribution in [3.05, 3.63) is 18.3 Å². The summed E-state index contributed by atoms with van der Waals surface area (Å²) in [5, 5.41) is 12.9. The molecule has 3 rings (SSSR count).